The second kappa shape index (κ2) is 6.92. The maximum Gasteiger partial charge on any atom is 0.263 e. The number of rotatable bonds is 4. The molecule has 1 aliphatic carbocycles. The van der Waals surface area contributed by atoms with E-state index in [0.717, 1.165) is 38.5 Å². The molecule has 0 aromatic carbocycles. The minimum Gasteiger partial charge on any atom is -0.387 e. The van der Waals surface area contributed by atoms with Gasteiger partial charge in [0.2, 0.25) is 0 Å². The van der Waals surface area contributed by atoms with Crippen molar-refractivity contribution in [2.75, 3.05) is 0 Å². The highest BCUT2D eigenvalue weighted by Crippen LogP contribution is 2.28. The van der Waals surface area contributed by atoms with E-state index in [2.05, 4.69) is 43.6 Å². The number of carbonyl (C=O) groups is 1. The summed E-state index contributed by atoms with van der Waals surface area (Å²) in [4.78, 5) is 12.2. The van der Waals surface area contributed by atoms with Crippen molar-refractivity contribution in [2.24, 2.45) is 0 Å². The van der Waals surface area contributed by atoms with Crippen molar-refractivity contribution in [3.05, 3.63) is 11.8 Å². The Labute approximate surface area is 139 Å². The molecular formula is C18H30N4O. The number of nitriles is 1. The molecule has 0 spiro atoms. The van der Waals surface area contributed by atoms with E-state index in [1.54, 1.807) is 6.20 Å². The van der Waals surface area contributed by atoms with Gasteiger partial charge in [0.15, 0.2) is 0 Å². The molecule has 1 amide bonds. The molecule has 1 heterocycles. The Morgan fingerprint density at radius 2 is 1.70 bits per heavy atom. The lowest BCUT2D eigenvalue weighted by atomic mass is 9.80. The van der Waals surface area contributed by atoms with E-state index in [1.165, 1.54) is 0 Å². The molecule has 2 aliphatic rings. The lowest BCUT2D eigenvalue weighted by Crippen LogP contribution is -2.61. The molecule has 0 atom stereocenters. The summed E-state index contributed by atoms with van der Waals surface area (Å²) >= 11 is 0. The highest BCUT2D eigenvalue weighted by atomic mass is 16.1. The molecule has 5 nitrogen and oxygen atoms in total. The van der Waals surface area contributed by atoms with Gasteiger partial charge in [-0.25, -0.2) is 0 Å². The summed E-state index contributed by atoms with van der Waals surface area (Å²) in [5, 5.41) is 19.2. The van der Waals surface area contributed by atoms with Crippen LogP contribution in [-0.2, 0) is 4.79 Å². The Hall–Kier alpha value is -1.54. The SMILES string of the molecule is CC1(C)CC(N/C=C(/C#N)C(=O)NC2CCCC2)CC(C)(C)N1. The molecule has 0 unspecified atom stereocenters. The zero-order chi connectivity index (χ0) is 17.1. The van der Waals surface area contributed by atoms with Gasteiger partial charge in [-0.05, 0) is 53.4 Å². The van der Waals surface area contributed by atoms with Gasteiger partial charge in [0.05, 0.1) is 0 Å². The molecule has 2 fully saturated rings. The molecule has 0 aromatic heterocycles. The van der Waals surface area contributed by atoms with E-state index in [4.69, 9.17) is 0 Å². The van der Waals surface area contributed by atoms with Gasteiger partial charge in [0, 0.05) is 29.4 Å². The van der Waals surface area contributed by atoms with E-state index < -0.39 is 0 Å². The van der Waals surface area contributed by atoms with Crippen LogP contribution in [0.25, 0.3) is 0 Å². The third-order valence-corrected chi connectivity index (χ3v) is 4.71. The predicted molar refractivity (Wildman–Crippen MR) is 91.5 cm³/mol. The first-order chi connectivity index (χ1) is 10.7. The third-order valence-electron chi connectivity index (χ3n) is 4.71. The van der Waals surface area contributed by atoms with E-state index in [1.807, 2.05) is 6.07 Å². The van der Waals surface area contributed by atoms with Crippen LogP contribution in [-0.4, -0.2) is 29.1 Å². The van der Waals surface area contributed by atoms with E-state index >= 15 is 0 Å². The van der Waals surface area contributed by atoms with Crippen molar-refractivity contribution >= 4 is 5.91 Å². The van der Waals surface area contributed by atoms with Crippen LogP contribution in [0.1, 0.15) is 66.2 Å². The number of hydrogen-bond acceptors (Lipinski definition) is 4. The highest BCUT2D eigenvalue weighted by molar-refractivity contribution is 5.97. The average Bonchev–Trinajstić information content (AvgIpc) is 2.88. The van der Waals surface area contributed by atoms with Crippen molar-refractivity contribution in [3.8, 4) is 6.07 Å². The van der Waals surface area contributed by atoms with Crippen LogP contribution in [0.3, 0.4) is 0 Å². The summed E-state index contributed by atoms with van der Waals surface area (Å²) in [7, 11) is 0. The molecule has 3 N–H and O–H groups in total. The Balaban J connectivity index is 1.96. The summed E-state index contributed by atoms with van der Waals surface area (Å²) in [6.45, 7) is 8.74. The second-order valence-electron chi connectivity index (χ2n) is 8.29. The average molecular weight is 318 g/mol. The van der Waals surface area contributed by atoms with Gasteiger partial charge in [-0.3, -0.25) is 4.79 Å². The van der Waals surface area contributed by atoms with Gasteiger partial charge < -0.3 is 16.0 Å². The number of amides is 1. The van der Waals surface area contributed by atoms with Gasteiger partial charge in [-0.1, -0.05) is 12.8 Å². The second-order valence-corrected chi connectivity index (χ2v) is 8.29. The summed E-state index contributed by atoms with van der Waals surface area (Å²) in [5.41, 5.74) is 0.240. The van der Waals surface area contributed by atoms with Crippen LogP contribution in [0.2, 0.25) is 0 Å². The normalized spacial score (nSPS) is 24.9. The number of nitrogens with one attached hydrogen (secondary N) is 3. The van der Waals surface area contributed by atoms with Crippen molar-refractivity contribution in [1.82, 2.24) is 16.0 Å². The molecule has 2 rings (SSSR count). The van der Waals surface area contributed by atoms with Crippen LogP contribution < -0.4 is 16.0 Å². The quantitative estimate of drug-likeness (QED) is 0.549. The molecule has 1 saturated heterocycles. The van der Waals surface area contributed by atoms with Crippen LogP contribution in [0, 0.1) is 11.3 Å². The molecule has 0 aromatic rings. The van der Waals surface area contributed by atoms with Crippen molar-refractivity contribution in [3.63, 3.8) is 0 Å². The maximum absolute atomic E-state index is 12.2. The fraction of sp³-hybridized carbons (Fsp3) is 0.778. The molecule has 1 saturated carbocycles. The Morgan fingerprint density at radius 1 is 1.13 bits per heavy atom. The molecular weight excluding hydrogens is 288 g/mol. The van der Waals surface area contributed by atoms with Gasteiger partial charge >= 0.3 is 0 Å². The molecule has 23 heavy (non-hydrogen) atoms. The number of piperidine rings is 1. The third kappa shape index (κ3) is 5.24. The number of hydrogen-bond donors (Lipinski definition) is 3. The first-order valence-corrected chi connectivity index (χ1v) is 8.67. The van der Waals surface area contributed by atoms with Crippen LogP contribution in [0.4, 0.5) is 0 Å². The number of nitrogens with zero attached hydrogens (tertiary/aromatic N) is 1. The van der Waals surface area contributed by atoms with E-state index in [-0.39, 0.29) is 34.6 Å². The van der Waals surface area contributed by atoms with Crippen molar-refractivity contribution < 1.29 is 4.79 Å². The summed E-state index contributed by atoms with van der Waals surface area (Å²) in [5.74, 6) is -0.251. The summed E-state index contributed by atoms with van der Waals surface area (Å²) in [6.07, 6.45) is 7.88. The topological polar surface area (TPSA) is 77.0 Å². The van der Waals surface area contributed by atoms with E-state index in [9.17, 15) is 10.1 Å². The largest absolute Gasteiger partial charge is 0.387 e. The van der Waals surface area contributed by atoms with Crippen molar-refractivity contribution in [1.29, 1.82) is 5.26 Å². The van der Waals surface area contributed by atoms with Crippen LogP contribution >= 0.6 is 0 Å². The Kier molecular flexibility index (Phi) is 5.36. The standard InChI is InChI=1S/C18H30N4O/c1-17(2)9-15(10-18(3,4)22-17)20-12-13(11-19)16(23)21-14-7-5-6-8-14/h12,14-15,20,22H,5-10H2,1-4H3,(H,21,23)/b13-12-. The van der Waals surface area contributed by atoms with E-state index in [0.29, 0.717) is 0 Å². The minimum absolute atomic E-state index is 0.0339. The first-order valence-electron chi connectivity index (χ1n) is 8.67. The first kappa shape index (κ1) is 17.8. The number of carbonyl (C=O) groups excluding carboxylic acids is 1. The van der Waals surface area contributed by atoms with Gasteiger partial charge in [-0.15, -0.1) is 0 Å². The predicted octanol–water partition coefficient (Wildman–Crippen LogP) is 2.35. The lowest BCUT2D eigenvalue weighted by molar-refractivity contribution is -0.117. The van der Waals surface area contributed by atoms with Crippen LogP contribution in [0.5, 0.6) is 0 Å². The summed E-state index contributed by atoms with van der Waals surface area (Å²) in [6, 6.07) is 2.51. The molecule has 0 radical (unpaired) electrons. The lowest BCUT2D eigenvalue weighted by Gasteiger charge is -2.46. The molecule has 0 bridgehead atoms. The Bertz CT molecular complexity index is 494. The van der Waals surface area contributed by atoms with Gasteiger partial charge in [0.1, 0.15) is 11.6 Å². The zero-order valence-electron chi connectivity index (χ0n) is 14.8. The van der Waals surface area contributed by atoms with Crippen molar-refractivity contribution in [2.45, 2.75) is 89.4 Å². The maximum atomic E-state index is 12.2. The Morgan fingerprint density at radius 3 is 2.22 bits per heavy atom. The molecule has 128 valence electrons. The van der Waals surface area contributed by atoms with Gasteiger partial charge in [-0.2, -0.15) is 5.26 Å². The molecule has 1 aliphatic heterocycles. The minimum atomic E-state index is -0.251. The highest BCUT2D eigenvalue weighted by Gasteiger charge is 2.37. The fourth-order valence-corrected chi connectivity index (χ4v) is 4.12. The van der Waals surface area contributed by atoms with Crippen LogP contribution in [0.15, 0.2) is 11.8 Å². The monoisotopic (exact) mass is 318 g/mol. The zero-order valence-corrected chi connectivity index (χ0v) is 14.8. The smallest absolute Gasteiger partial charge is 0.263 e. The summed E-state index contributed by atoms with van der Waals surface area (Å²) < 4.78 is 0. The van der Waals surface area contributed by atoms with Gasteiger partial charge in [0.25, 0.3) is 5.91 Å². The molecule has 5 heteroatoms. The fourth-order valence-electron chi connectivity index (χ4n) is 4.12.